The van der Waals surface area contributed by atoms with Gasteiger partial charge in [0.15, 0.2) is 5.95 Å². The van der Waals surface area contributed by atoms with E-state index in [1.54, 1.807) is 30.5 Å². The third kappa shape index (κ3) is 2.92. The van der Waals surface area contributed by atoms with Crippen LogP contribution in [0.25, 0.3) is 11.0 Å². The van der Waals surface area contributed by atoms with Crippen LogP contribution in [-0.2, 0) is 4.79 Å². The summed E-state index contributed by atoms with van der Waals surface area (Å²) in [5, 5.41) is 2.60. The zero-order valence-electron chi connectivity index (χ0n) is 11.3. The highest BCUT2D eigenvalue weighted by atomic mass is 16.5. The lowest BCUT2D eigenvalue weighted by atomic mass is 10.3. The molecule has 1 amide bonds. The molecule has 0 bridgehead atoms. The van der Waals surface area contributed by atoms with E-state index in [0.29, 0.717) is 23.3 Å². The van der Waals surface area contributed by atoms with E-state index < -0.39 is 0 Å². The Bertz CT molecular complexity index is 812. The zero-order chi connectivity index (χ0) is 14.8. The highest BCUT2D eigenvalue weighted by molar-refractivity contribution is 5.87. The number of nitrogens with one attached hydrogen (secondary N) is 2. The molecule has 0 atom stereocenters. The first-order valence-corrected chi connectivity index (χ1v) is 6.27. The van der Waals surface area contributed by atoms with Crippen molar-refractivity contribution in [2.24, 2.45) is 0 Å². The number of nitrogens with zero attached hydrogens (tertiary/aromatic N) is 2. The minimum atomic E-state index is -0.186. The number of rotatable bonds is 3. The van der Waals surface area contributed by atoms with Crippen molar-refractivity contribution in [1.29, 1.82) is 0 Å². The summed E-state index contributed by atoms with van der Waals surface area (Å²) in [4.78, 5) is 22.1. The summed E-state index contributed by atoms with van der Waals surface area (Å²) < 4.78 is 5.74. The quantitative estimate of drug-likeness (QED) is 0.683. The molecule has 0 aliphatic heterocycles. The SMILES string of the molecule is CC(=O)Nc1cc(Oc2ccc3nc(N)[nH]c3c2)ccn1. The topological polar surface area (TPSA) is 106 Å². The molecular weight excluding hydrogens is 270 g/mol. The monoisotopic (exact) mass is 283 g/mol. The number of carbonyl (C=O) groups is 1. The van der Waals surface area contributed by atoms with Gasteiger partial charge in [-0.1, -0.05) is 0 Å². The second-order valence-corrected chi connectivity index (χ2v) is 4.46. The summed E-state index contributed by atoms with van der Waals surface area (Å²) >= 11 is 0. The predicted octanol–water partition coefficient (Wildman–Crippen LogP) is 2.29. The van der Waals surface area contributed by atoms with Crippen LogP contribution in [0.15, 0.2) is 36.5 Å². The smallest absolute Gasteiger partial charge is 0.222 e. The number of nitrogen functional groups attached to an aromatic ring is 1. The number of imidazole rings is 1. The molecule has 7 nitrogen and oxygen atoms in total. The Hall–Kier alpha value is -3.09. The molecule has 0 unspecified atom stereocenters. The lowest BCUT2D eigenvalue weighted by molar-refractivity contribution is -0.114. The van der Waals surface area contributed by atoms with Crippen LogP contribution in [0, 0.1) is 0 Å². The average molecular weight is 283 g/mol. The maximum absolute atomic E-state index is 11.0. The summed E-state index contributed by atoms with van der Waals surface area (Å²) in [6.45, 7) is 1.42. The third-order valence-corrected chi connectivity index (χ3v) is 2.74. The van der Waals surface area contributed by atoms with Crippen molar-refractivity contribution in [3.8, 4) is 11.5 Å². The van der Waals surface area contributed by atoms with Crippen LogP contribution in [0.4, 0.5) is 11.8 Å². The third-order valence-electron chi connectivity index (χ3n) is 2.74. The van der Waals surface area contributed by atoms with Crippen molar-refractivity contribution in [2.45, 2.75) is 6.92 Å². The Morgan fingerprint density at radius 1 is 1.29 bits per heavy atom. The number of aromatic nitrogens is 3. The molecule has 0 saturated heterocycles. The van der Waals surface area contributed by atoms with Crippen LogP contribution in [-0.4, -0.2) is 20.9 Å². The molecule has 21 heavy (non-hydrogen) atoms. The van der Waals surface area contributed by atoms with E-state index in [1.165, 1.54) is 6.92 Å². The second kappa shape index (κ2) is 5.12. The maximum atomic E-state index is 11.0. The Morgan fingerprint density at radius 3 is 2.90 bits per heavy atom. The molecular formula is C14H13N5O2. The molecule has 3 rings (SSSR count). The van der Waals surface area contributed by atoms with Crippen molar-refractivity contribution in [1.82, 2.24) is 15.0 Å². The first-order valence-electron chi connectivity index (χ1n) is 6.27. The van der Waals surface area contributed by atoms with Crippen LogP contribution >= 0.6 is 0 Å². The van der Waals surface area contributed by atoms with E-state index in [9.17, 15) is 4.79 Å². The van der Waals surface area contributed by atoms with Crippen molar-refractivity contribution >= 4 is 28.7 Å². The fourth-order valence-electron chi connectivity index (χ4n) is 1.93. The van der Waals surface area contributed by atoms with Gasteiger partial charge in [-0.05, 0) is 18.2 Å². The number of benzene rings is 1. The van der Waals surface area contributed by atoms with E-state index in [-0.39, 0.29) is 5.91 Å². The lowest BCUT2D eigenvalue weighted by Crippen LogP contribution is -2.07. The molecule has 0 spiro atoms. The highest BCUT2D eigenvalue weighted by Gasteiger charge is 2.05. The van der Waals surface area contributed by atoms with Crippen LogP contribution < -0.4 is 15.8 Å². The average Bonchev–Trinajstić information content (AvgIpc) is 2.77. The summed E-state index contributed by atoms with van der Waals surface area (Å²) in [7, 11) is 0. The first kappa shape index (κ1) is 12.9. The summed E-state index contributed by atoms with van der Waals surface area (Å²) in [6, 6.07) is 8.76. The molecule has 106 valence electrons. The second-order valence-electron chi connectivity index (χ2n) is 4.46. The van der Waals surface area contributed by atoms with Gasteiger partial charge in [0.2, 0.25) is 5.91 Å². The van der Waals surface area contributed by atoms with E-state index in [2.05, 4.69) is 20.3 Å². The number of pyridine rings is 1. The normalized spacial score (nSPS) is 10.5. The van der Waals surface area contributed by atoms with Crippen LogP contribution in [0.2, 0.25) is 0 Å². The maximum Gasteiger partial charge on any atom is 0.222 e. The minimum Gasteiger partial charge on any atom is -0.457 e. The highest BCUT2D eigenvalue weighted by Crippen LogP contribution is 2.26. The number of aromatic amines is 1. The van der Waals surface area contributed by atoms with E-state index in [4.69, 9.17) is 10.5 Å². The molecule has 0 saturated carbocycles. The van der Waals surface area contributed by atoms with Crippen molar-refractivity contribution in [2.75, 3.05) is 11.1 Å². The molecule has 4 N–H and O–H groups in total. The number of carbonyl (C=O) groups excluding carboxylic acids is 1. The number of fused-ring (bicyclic) bond motifs is 1. The number of nitrogens with two attached hydrogens (primary N) is 1. The lowest BCUT2D eigenvalue weighted by Gasteiger charge is -2.07. The van der Waals surface area contributed by atoms with Gasteiger partial charge in [0, 0.05) is 25.3 Å². The molecule has 0 fully saturated rings. The number of ether oxygens (including phenoxy) is 1. The minimum absolute atomic E-state index is 0.186. The van der Waals surface area contributed by atoms with Crippen molar-refractivity contribution in [3.63, 3.8) is 0 Å². The number of amides is 1. The van der Waals surface area contributed by atoms with Gasteiger partial charge in [-0.15, -0.1) is 0 Å². The number of anilines is 2. The van der Waals surface area contributed by atoms with Gasteiger partial charge >= 0.3 is 0 Å². The van der Waals surface area contributed by atoms with Gasteiger partial charge in [-0.2, -0.15) is 0 Å². The van der Waals surface area contributed by atoms with E-state index >= 15 is 0 Å². The van der Waals surface area contributed by atoms with E-state index in [1.807, 2.05) is 6.07 Å². The van der Waals surface area contributed by atoms with Gasteiger partial charge in [-0.3, -0.25) is 4.79 Å². The van der Waals surface area contributed by atoms with Crippen LogP contribution in [0.1, 0.15) is 6.92 Å². The summed E-state index contributed by atoms with van der Waals surface area (Å²) in [5.74, 6) is 1.81. The summed E-state index contributed by atoms with van der Waals surface area (Å²) in [6.07, 6.45) is 1.56. The van der Waals surface area contributed by atoms with Crippen LogP contribution in [0.5, 0.6) is 11.5 Å². The van der Waals surface area contributed by atoms with Crippen LogP contribution in [0.3, 0.4) is 0 Å². The van der Waals surface area contributed by atoms with Crippen molar-refractivity contribution in [3.05, 3.63) is 36.5 Å². The Kier molecular flexibility index (Phi) is 3.15. The molecule has 0 aliphatic carbocycles. The Morgan fingerprint density at radius 2 is 2.10 bits per heavy atom. The molecule has 1 aromatic carbocycles. The molecule has 0 aliphatic rings. The van der Waals surface area contributed by atoms with Gasteiger partial charge in [0.05, 0.1) is 11.0 Å². The van der Waals surface area contributed by atoms with E-state index in [0.717, 1.165) is 11.0 Å². The largest absolute Gasteiger partial charge is 0.457 e. The number of H-pyrrole nitrogens is 1. The van der Waals surface area contributed by atoms with Gasteiger partial charge in [0.1, 0.15) is 17.3 Å². The van der Waals surface area contributed by atoms with Gasteiger partial charge in [-0.25, -0.2) is 9.97 Å². The molecule has 3 aromatic rings. The Balaban J connectivity index is 1.85. The van der Waals surface area contributed by atoms with Gasteiger partial charge in [0.25, 0.3) is 0 Å². The van der Waals surface area contributed by atoms with Crippen molar-refractivity contribution < 1.29 is 9.53 Å². The predicted molar refractivity (Wildman–Crippen MR) is 79.1 cm³/mol. The standard InChI is InChI=1S/C14H13N5O2/c1-8(20)17-13-7-10(4-5-16-13)21-9-2-3-11-12(6-9)19-14(15)18-11/h2-7H,1H3,(H3,15,18,19)(H,16,17,20). The fraction of sp³-hybridized carbons (Fsp3) is 0.0714. The number of hydrogen-bond donors (Lipinski definition) is 3. The summed E-state index contributed by atoms with van der Waals surface area (Å²) in [5.41, 5.74) is 7.17. The zero-order valence-corrected chi connectivity index (χ0v) is 11.3. The molecule has 0 radical (unpaired) electrons. The molecule has 2 aromatic heterocycles. The Labute approximate surface area is 120 Å². The molecule has 7 heteroatoms. The van der Waals surface area contributed by atoms with Gasteiger partial charge < -0.3 is 20.8 Å². The fourth-order valence-corrected chi connectivity index (χ4v) is 1.93. The number of hydrogen-bond acceptors (Lipinski definition) is 5. The first-order chi connectivity index (χ1) is 10.1. The molecule has 2 heterocycles.